The van der Waals surface area contributed by atoms with Gasteiger partial charge in [0.1, 0.15) is 5.75 Å². The third-order valence-corrected chi connectivity index (χ3v) is 4.64. The molecule has 0 saturated carbocycles. The van der Waals surface area contributed by atoms with E-state index in [9.17, 15) is 15.0 Å². The highest BCUT2D eigenvalue weighted by Crippen LogP contribution is 2.27. The summed E-state index contributed by atoms with van der Waals surface area (Å²) >= 11 is 0. The molecule has 0 aliphatic heterocycles. The molecule has 0 bridgehead atoms. The summed E-state index contributed by atoms with van der Waals surface area (Å²) in [4.78, 5) is 12.9. The predicted molar refractivity (Wildman–Crippen MR) is 99.5 cm³/mol. The normalized spacial score (nSPS) is 14.5. The molecule has 0 heterocycles. The fourth-order valence-electron chi connectivity index (χ4n) is 3.00. The second-order valence-corrected chi connectivity index (χ2v) is 6.53. The molecule has 25 heavy (non-hydrogen) atoms. The smallest absolute Gasteiger partial charge is 0.228 e. The monoisotopic (exact) mass is 341 g/mol. The first kappa shape index (κ1) is 19.0. The van der Waals surface area contributed by atoms with Gasteiger partial charge in [-0.2, -0.15) is 0 Å². The lowest BCUT2D eigenvalue weighted by Gasteiger charge is -2.25. The number of carbonyl (C=O) groups is 1. The van der Waals surface area contributed by atoms with E-state index in [-0.39, 0.29) is 36.1 Å². The van der Waals surface area contributed by atoms with Crippen LogP contribution in [0.2, 0.25) is 0 Å². The van der Waals surface area contributed by atoms with Gasteiger partial charge in [0, 0.05) is 0 Å². The van der Waals surface area contributed by atoms with Gasteiger partial charge in [-0.25, -0.2) is 0 Å². The Balaban J connectivity index is 2.11. The Labute approximate surface area is 149 Å². The molecule has 4 heteroatoms. The van der Waals surface area contributed by atoms with E-state index in [0.29, 0.717) is 6.42 Å². The molecule has 0 radical (unpaired) electrons. The largest absolute Gasteiger partial charge is 0.508 e. The van der Waals surface area contributed by atoms with E-state index >= 15 is 0 Å². The molecule has 2 unspecified atom stereocenters. The zero-order valence-corrected chi connectivity index (χ0v) is 14.9. The second kappa shape index (κ2) is 9.23. The van der Waals surface area contributed by atoms with Crippen LogP contribution in [0.4, 0.5) is 0 Å². The van der Waals surface area contributed by atoms with E-state index in [0.717, 1.165) is 17.5 Å². The van der Waals surface area contributed by atoms with Crippen molar-refractivity contribution in [2.45, 2.75) is 38.6 Å². The summed E-state index contributed by atoms with van der Waals surface area (Å²) in [6.07, 6.45) is 1.42. The molecule has 1 amide bonds. The zero-order valence-electron chi connectivity index (χ0n) is 14.9. The fourth-order valence-corrected chi connectivity index (χ4v) is 3.00. The van der Waals surface area contributed by atoms with Crippen LogP contribution in [0.5, 0.6) is 5.75 Å². The van der Waals surface area contributed by atoms with Gasteiger partial charge in [0.25, 0.3) is 0 Å². The van der Waals surface area contributed by atoms with Gasteiger partial charge in [-0.15, -0.1) is 0 Å². The number of amides is 1. The highest BCUT2D eigenvalue weighted by Gasteiger charge is 2.27. The standard InChI is InChI=1S/C21H27NO3/c1-3-15(2)20(17-7-5-4-6-8-17)21(25)22-18(14-23)13-16-9-11-19(24)12-10-16/h4-12,15,18,20,23-24H,3,13-14H2,1-2H3,(H,22,25)/t15?,18-,20?/m0/s1. The van der Waals surface area contributed by atoms with Gasteiger partial charge < -0.3 is 15.5 Å². The molecule has 0 aliphatic rings. The number of hydrogen-bond acceptors (Lipinski definition) is 3. The maximum absolute atomic E-state index is 12.9. The Kier molecular flexibility index (Phi) is 7.02. The molecule has 2 aromatic rings. The van der Waals surface area contributed by atoms with Crippen molar-refractivity contribution in [1.82, 2.24) is 5.32 Å². The van der Waals surface area contributed by atoms with Gasteiger partial charge in [0.05, 0.1) is 18.6 Å². The first-order valence-corrected chi connectivity index (χ1v) is 8.79. The number of phenolic OH excluding ortho intramolecular Hbond substituents is 1. The minimum atomic E-state index is -0.354. The number of aliphatic hydroxyl groups is 1. The van der Waals surface area contributed by atoms with Crippen molar-refractivity contribution < 1.29 is 15.0 Å². The summed E-state index contributed by atoms with van der Waals surface area (Å²) < 4.78 is 0. The number of hydrogen-bond donors (Lipinski definition) is 3. The van der Waals surface area contributed by atoms with E-state index in [1.165, 1.54) is 0 Å². The van der Waals surface area contributed by atoms with Crippen LogP contribution in [0.25, 0.3) is 0 Å². The van der Waals surface area contributed by atoms with Crippen LogP contribution in [-0.4, -0.2) is 28.8 Å². The summed E-state index contributed by atoms with van der Waals surface area (Å²) in [5.74, 6) is 0.114. The topological polar surface area (TPSA) is 69.6 Å². The van der Waals surface area contributed by atoms with Crippen LogP contribution < -0.4 is 5.32 Å². The summed E-state index contributed by atoms with van der Waals surface area (Å²) in [6, 6.07) is 16.2. The van der Waals surface area contributed by atoms with Gasteiger partial charge in [-0.1, -0.05) is 62.7 Å². The molecule has 3 atom stereocenters. The Bertz CT molecular complexity index is 655. The number of benzene rings is 2. The first-order valence-electron chi connectivity index (χ1n) is 8.79. The molecule has 0 aliphatic carbocycles. The predicted octanol–water partition coefficient (Wildman–Crippen LogP) is 3.24. The molecular weight excluding hydrogens is 314 g/mol. The number of aromatic hydroxyl groups is 1. The van der Waals surface area contributed by atoms with Gasteiger partial charge >= 0.3 is 0 Å². The van der Waals surface area contributed by atoms with Crippen LogP contribution in [-0.2, 0) is 11.2 Å². The lowest BCUT2D eigenvalue weighted by atomic mass is 9.84. The van der Waals surface area contributed by atoms with Crippen molar-refractivity contribution in [2.24, 2.45) is 5.92 Å². The van der Waals surface area contributed by atoms with Crippen molar-refractivity contribution in [3.8, 4) is 5.75 Å². The minimum absolute atomic E-state index is 0.0571. The fraction of sp³-hybridized carbons (Fsp3) is 0.381. The summed E-state index contributed by atoms with van der Waals surface area (Å²) in [6.45, 7) is 4.02. The molecule has 2 aromatic carbocycles. The molecule has 0 spiro atoms. The average Bonchev–Trinajstić information content (AvgIpc) is 2.63. The Morgan fingerprint density at radius 3 is 2.28 bits per heavy atom. The zero-order chi connectivity index (χ0) is 18.2. The second-order valence-electron chi connectivity index (χ2n) is 6.53. The van der Waals surface area contributed by atoms with Crippen LogP contribution in [0.1, 0.15) is 37.3 Å². The van der Waals surface area contributed by atoms with Crippen molar-refractivity contribution in [1.29, 1.82) is 0 Å². The van der Waals surface area contributed by atoms with Crippen LogP contribution in [0.15, 0.2) is 54.6 Å². The molecule has 134 valence electrons. The quantitative estimate of drug-likeness (QED) is 0.690. The highest BCUT2D eigenvalue weighted by atomic mass is 16.3. The number of nitrogens with one attached hydrogen (secondary N) is 1. The lowest BCUT2D eigenvalue weighted by Crippen LogP contribution is -2.43. The number of rotatable bonds is 8. The van der Waals surface area contributed by atoms with Crippen molar-refractivity contribution in [3.05, 3.63) is 65.7 Å². The summed E-state index contributed by atoms with van der Waals surface area (Å²) in [5.41, 5.74) is 1.95. The molecule has 0 aromatic heterocycles. The molecular formula is C21H27NO3. The van der Waals surface area contributed by atoms with E-state index < -0.39 is 0 Å². The lowest BCUT2D eigenvalue weighted by molar-refractivity contribution is -0.124. The van der Waals surface area contributed by atoms with Crippen molar-refractivity contribution in [3.63, 3.8) is 0 Å². The Morgan fingerprint density at radius 1 is 1.08 bits per heavy atom. The van der Waals surface area contributed by atoms with E-state index in [4.69, 9.17) is 0 Å². The van der Waals surface area contributed by atoms with Gasteiger partial charge in [-0.3, -0.25) is 4.79 Å². The van der Waals surface area contributed by atoms with E-state index in [1.54, 1.807) is 24.3 Å². The number of phenols is 1. The van der Waals surface area contributed by atoms with Gasteiger partial charge in [0.2, 0.25) is 5.91 Å². The third-order valence-electron chi connectivity index (χ3n) is 4.64. The van der Waals surface area contributed by atoms with E-state index in [2.05, 4.69) is 19.2 Å². The maximum atomic E-state index is 12.9. The van der Waals surface area contributed by atoms with E-state index in [1.807, 2.05) is 30.3 Å². The average molecular weight is 341 g/mol. The van der Waals surface area contributed by atoms with Gasteiger partial charge in [0.15, 0.2) is 0 Å². The third kappa shape index (κ3) is 5.33. The highest BCUT2D eigenvalue weighted by molar-refractivity contribution is 5.84. The first-order chi connectivity index (χ1) is 12.0. The van der Waals surface area contributed by atoms with Crippen molar-refractivity contribution >= 4 is 5.91 Å². The SMILES string of the molecule is CCC(C)C(C(=O)N[C@H](CO)Cc1ccc(O)cc1)c1ccccc1. The number of aliphatic hydroxyl groups excluding tert-OH is 1. The molecule has 2 rings (SSSR count). The maximum Gasteiger partial charge on any atom is 0.228 e. The Hall–Kier alpha value is -2.33. The van der Waals surface area contributed by atoms with Crippen molar-refractivity contribution in [2.75, 3.05) is 6.61 Å². The summed E-state index contributed by atoms with van der Waals surface area (Å²) in [5, 5.41) is 22.0. The van der Waals surface area contributed by atoms with Crippen LogP contribution in [0, 0.1) is 5.92 Å². The van der Waals surface area contributed by atoms with Crippen LogP contribution in [0.3, 0.4) is 0 Å². The molecule has 0 fully saturated rings. The molecule has 3 N–H and O–H groups in total. The van der Waals surface area contributed by atoms with Gasteiger partial charge in [-0.05, 0) is 35.6 Å². The Morgan fingerprint density at radius 2 is 1.72 bits per heavy atom. The minimum Gasteiger partial charge on any atom is -0.508 e. The summed E-state index contributed by atoms with van der Waals surface area (Å²) in [7, 11) is 0. The van der Waals surface area contributed by atoms with Crippen LogP contribution >= 0.6 is 0 Å². The number of carbonyl (C=O) groups excluding carboxylic acids is 1. The molecule has 0 saturated heterocycles. The molecule has 4 nitrogen and oxygen atoms in total.